The summed E-state index contributed by atoms with van der Waals surface area (Å²) in [5.74, 6) is 0.372. The molecule has 3 rings (SSSR count). The van der Waals surface area contributed by atoms with Crippen LogP contribution in [0.4, 0.5) is 9.18 Å². The molecule has 0 radical (unpaired) electrons. The third-order valence-electron chi connectivity index (χ3n) is 3.57. The Morgan fingerprint density at radius 1 is 1.32 bits per heavy atom. The maximum Gasteiger partial charge on any atom is 0.415 e. The zero-order chi connectivity index (χ0) is 13.2. The molecule has 1 saturated heterocycles. The summed E-state index contributed by atoms with van der Waals surface area (Å²) < 4.78 is 19.0. The number of benzene rings is 1. The number of piperazine rings is 1. The van der Waals surface area contributed by atoms with Gasteiger partial charge in [-0.3, -0.25) is 0 Å². The predicted octanol–water partition coefficient (Wildman–Crippen LogP) is 2.11. The molecule has 0 spiro atoms. The zero-order valence-electron chi connectivity index (χ0n) is 10.7. The molecule has 0 unspecified atom stereocenters. The predicted molar refractivity (Wildman–Crippen MR) is 68.8 cm³/mol. The molecule has 1 aliphatic carbocycles. The summed E-state index contributed by atoms with van der Waals surface area (Å²) in [6.07, 6.45) is 1.70. The molecule has 102 valence electrons. The lowest BCUT2D eigenvalue weighted by Crippen LogP contribution is -2.47. The van der Waals surface area contributed by atoms with Crippen LogP contribution in [0.25, 0.3) is 0 Å². The van der Waals surface area contributed by atoms with E-state index in [9.17, 15) is 9.18 Å². The van der Waals surface area contributed by atoms with Crippen LogP contribution in [0.2, 0.25) is 0 Å². The van der Waals surface area contributed by atoms with Crippen molar-refractivity contribution in [2.75, 3.05) is 26.2 Å². The number of rotatable bonds is 2. The molecule has 0 bridgehead atoms. The summed E-state index contributed by atoms with van der Waals surface area (Å²) in [4.78, 5) is 13.5. The fourth-order valence-electron chi connectivity index (χ4n) is 2.31. The Labute approximate surface area is 111 Å². The molecule has 1 aromatic rings. The molecule has 1 amide bonds. The topological polar surface area (TPSA) is 41.6 Å². The highest BCUT2D eigenvalue weighted by molar-refractivity contribution is 5.70. The van der Waals surface area contributed by atoms with Gasteiger partial charge in [-0.1, -0.05) is 6.07 Å². The molecule has 19 heavy (non-hydrogen) atoms. The third kappa shape index (κ3) is 2.87. The molecule has 5 heteroatoms. The Balaban J connectivity index is 1.65. The SMILES string of the molecule is O=C(Oc1ccc(C2CC2)c(F)c1)N1CCNCC1. The average Bonchev–Trinajstić information content (AvgIpc) is 3.24. The second-order valence-corrected chi connectivity index (χ2v) is 5.06. The summed E-state index contributed by atoms with van der Waals surface area (Å²) in [7, 11) is 0. The quantitative estimate of drug-likeness (QED) is 0.889. The van der Waals surface area contributed by atoms with E-state index in [0.717, 1.165) is 31.5 Å². The number of nitrogens with one attached hydrogen (secondary N) is 1. The Morgan fingerprint density at radius 3 is 2.68 bits per heavy atom. The van der Waals surface area contributed by atoms with Crippen LogP contribution in [0.15, 0.2) is 18.2 Å². The Kier molecular flexibility index (Phi) is 3.38. The molecule has 1 aromatic carbocycles. The number of carbonyl (C=O) groups excluding carboxylic acids is 1. The Bertz CT molecular complexity index is 482. The first kappa shape index (κ1) is 12.4. The van der Waals surface area contributed by atoms with Crippen LogP contribution in [0.3, 0.4) is 0 Å². The maximum atomic E-state index is 13.8. The molecule has 0 aromatic heterocycles. The molecular weight excluding hydrogens is 247 g/mol. The maximum absolute atomic E-state index is 13.8. The number of hydrogen-bond acceptors (Lipinski definition) is 3. The van der Waals surface area contributed by atoms with Crippen molar-refractivity contribution in [3.05, 3.63) is 29.6 Å². The van der Waals surface area contributed by atoms with Gasteiger partial charge in [0.1, 0.15) is 11.6 Å². The van der Waals surface area contributed by atoms with Crippen LogP contribution >= 0.6 is 0 Å². The molecule has 0 atom stereocenters. The second kappa shape index (κ2) is 5.17. The van der Waals surface area contributed by atoms with Gasteiger partial charge < -0.3 is 15.0 Å². The summed E-state index contributed by atoms with van der Waals surface area (Å²) in [6.45, 7) is 2.79. The van der Waals surface area contributed by atoms with Crippen molar-refractivity contribution in [1.29, 1.82) is 0 Å². The molecule has 1 aliphatic heterocycles. The van der Waals surface area contributed by atoms with Crippen molar-refractivity contribution in [2.45, 2.75) is 18.8 Å². The van der Waals surface area contributed by atoms with Gasteiger partial charge in [-0.05, 0) is 30.4 Å². The molecule has 1 N–H and O–H groups in total. The van der Waals surface area contributed by atoms with Crippen molar-refractivity contribution in [1.82, 2.24) is 10.2 Å². The first-order chi connectivity index (χ1) is 9.24. The van der Waals surface area contributed by atoms with E-state index in [-0.39, 0.29) is 11.6 Å². The van der Waals surface area contributed by atoms with E-state index in [2.05, 4.69) is 5.32 Å². The summed E-state index contributed by atoms with van der Waals surface area (Å²) in [5, 5.41) is 3.16. The smallest absolute Gasteiger partial charge is 0.410 e. The molecular formula is C14H17FN2O2. The van der Waals surface area contributed by atoms with Crippen LogP contribution in [0.1, 0.15) is 24.3 Å². The first-order valence-electron chi connectivity index (χ1n) is 6.71. The standard InChI is InChI=1S/C14H17FN2O2/c15-13-9-11(3-4-12(13)10-1-2-10)19-14(18)17-7-5-16-6-8-17/h3-4,9-10,16H,1-2,5-8H2. The normalized spacial score (nSPS) is 19.3. The van der Waals surface area contributed by atoms with Crippen molar-refractivity contribution in [3.8, 4) is 5.75 Å². The van der Waals surface area contributed by atoms with Crippen molar-refractivity contribution < 1.29 is 13.9 Å². The lowest BCUT2D eigenvalue weighted by Gasteiger charge is -2.26. The summed E-state index contributed by atoms with van der Waals surface area (Å²) in [5.41, 5.74) is 0.738. The fourth-order valence-corrected chi connectivity index (χ4v) is 2.31. The summed E-state index contributed by atoms with van der Waals surface area (Å²) >= 11 is 0. The van der Waals surface area contributed by atoms with Gasteiger partial charge in [0, 0.05) is 32.2 Å². The molecule has 2 aliphatic rings. The molecule has 4 nitrogen and oxygen atoms in total. The largest absolute Gasteiger partial charge is 0.415 e. The van der Waals surface area contributed by atoms with E-state index >= 15 is 0 Å². The van der Waals surface area contributed by atoms with Gasteiger partial charge in [-0.25, -0.2) is 9.18 Å². The third-order valence-corrected chi connectivity index (χ3v) is 3.57. The van der Waals surface area contributed by atoms with Crippen molar-refractivity contribution in [3.63, 3.8) is 0 Å². The number of nitrogens with zero attached hydrogens (tertiary/aromatic N) is 1. The van der Waals surface area contributed by atoms with Gasteiger partial charge in [-0.2, -0.15) is 0 Å². The molecule has 1 heterocycles. The minimum absolute atomic E-state index is 0.270. The van der Waals surface area contributed by atoms with Crippen molar-refractivity contribution in [2.24, 2.45) is 0 Å². The highest BCUT2D eigenvalue weighted by Crippen LogP contribution is 2.41. The number of halogens is 1. The monoisotopic (exact) mass is 264 g/mol. The van der Waals surface area contributed by atoms with Crippen LogP contribution in [-0.4, -0.2) is 37.2 Å². The van der Waals surface area contributed by atoms with Crippen LogP contribution in [-0.2, 0) is 0 Å². The lowest BCUT2D eigenvalue weighted by atomic mass is 10.1. The van der Waals surface area contributed by atoms with Crippen molar-refractivity contribution >= 4 is 6.09 Å². The van der Waals surface area contributed by atoms with E-state index in [4.69, 9.17) is 4.74 Å². The van der Waals surface area contributed by atoms with Crippen LogP contribution in [0, 0.1) is 5.82 Å². The Hall–Kier alpha value is -1.62. The van der Waals surface area contributed by atoms with Gasteiger partial charge in [0.25, 0.3) is 0 Å². The van der Waals surface area contributed by atoms with Crippen LogP contribution in [0.5, 0.6) is 5.75 Å². The minimum atomic E-state index is -0.403. The van der Waals surface area contributed by atoms with E-state index < -0.39 is 6.09 Å². The lowest BCUT2D eigenvalue weighted by molar-refractivity contribution is 0.145. The van der Waals surface area contributed by atoms with E-state index in [1.54, 1.807) is 17.0 Å². The van der Waals surface area contributed by atoms with Gasteiger partial charge in [0.05, 0.1) is 0 Å². The van der Waals surface area contributed by atoms with E-state index in [1.807, 2.05) is 0 Å². The number of carbonyl (C=O) groups is 1. The second-order valence-electron chi connectivity index (χ2n) is 5.06. The molecule has 2 fully saturated rings. The summed E-state index contributed by atoms with van der Waals surface area (Å²) in [6, 6.07) is 4.72. The Morgan fingerprint density at radius 2 is 2.05 bits per heavy atom. The van der Waals surface area contributed by atoms with Crippen LogP contribution < -0.4 is 10.1 Å². The number of hydrogen-bond donors (Lipinski definition) is 1. The van der Waals surface area contributed by atoms with E-state index in [1.165, 1.54) is 6.07 Å². The fraction of sp³-hybridized carbons (Fsp3) is 0.500. The van der Waals surface area contributed by atoms with Gasteiger partial charge in [0.2, 0.25) is 0 Å². The average molecular weight is 264 g/mol. The molecule has 1 saturated carbocycles. The number of amides is 1. The highest BCUT2D eigenvalue weighted by atomic mass is 19.1. The number of ether oxygens (including phenoxy) is 1. The van der Waals surface area contributed by atoms with Gasteiger partial charge in [-0.15, -0.1) is 0 Å². The van der Waals surface area contributed by atoms with E-state index in [0.29, 0.717) is 19.0 Å². The minimum Gasteiger partial charge on any atom is -0.410 e. The first-order valence-corrected chi connectivity index (χ1v) is 6.71. The van der Waals surface area contributed by atoms with Gasteiger partial charge in [0.15, 0.2) is 0 Å². The van der Waals surface area contributed by atoms with Gasteiger partial charge >= 0.3 is 6.09 Å². The highest BCUT2D eigenvalue weighted by Gasteiger charge is 2.27. The zero-order valence-corrected chi connectivity index (χ0v) is 10.7.